The minimum Gasteiger partial charge on any atom is -0.493 e. The number of rotatable bonds is 7. The molecule has 0 heterocycles. The van der Waals surface area contributed by atoms with Crippen LogP contribution >= 0.6 is 11.8 Å². The Bertz CT molecular complexity index is 348. The van der Waals surface area contributed by atoms with Crippen molar-refractivity contribution >= 4 is 17.7 Å². The summed E-state index contributed by atoms with van der Waals surface area (Å²) in [6.45, 7) is 4.45. The number of benzene rings is 1. The maximum absolute atomic E-state index is 10.8. The molecule has 0 aliphatic heterocycles. The van der Waals surface area contributed by atoms with Crippen LogP contribution in [-0.4, -0.2) is 28.7 Å². The summed E-state index contributed by atoms with van der Waals surface area (Å²) < 4.78 is 5.52. The van der Waals surface area contributed by atoms with E-state index in [4.69, 9.17) is 9.84 Å². The van der Waals surface area contributed by atoms with Gasteiger partial charge in [-0.25, -0.2) is 0 Å². The van der Waals surface area contributed by atoms with Crippen LogP contribution in [0.3, 0.4) is 0 Å². The fourth-order valence-corrected chi connectivity index (χ4v) is 2.19. The van der Waals surface area contributed by atoms with Crippen LogP contribution in [0.5, 0.6) is 5.75 Å². The topological polar surface area (TPSA) is 46.5 Å². The van der Waals surface area contributed by atoms with Gasteiger partial charge in [-0.3, -0.25) is 4.79 Å². The lowest BCUT2D eigenvalue weighted by Crippen LogP contribution is -2.16. The Morgan fingerprint density at radius 2 is 2.06 bits per heavy atom. The molecule has 1 aromatic carbocycles. The van der Waals surface area contributed by atoms with Crippen molar-refractivity contribution in [1.82, 2.24) is 0 Å². The predicted molar refractivity (Wildman–Crippen MR) is 70.8 cm³/mol. The zero-order valence-corrected chi connectivity index (χ0v) is 11.0. The number of carbonyl (C=O) groups is 1. The van der Waals surface area contributed by atoms with Crippen LogP contribution in [-0.2, 0) is 4.79 Å². The lowest BCUT2D eigenvalue weighted by Gasteiger charge is -2.10. The summed E-state index contributed by atoms with van der Waals surface area (Å²) in [4.78, 5) is 10.8. The quantitative estimate of drug-likeness (QED) is 0.760. The maximum Gasteiger partial charge on any atom is 0.316 e. The van der Waals surface area contributed by atoms with Gasteiger partial charge in [-0.15, -0.1) is 11.8 Å². The van der Waals surface area contributed by atoms with E-state index in [1.807, 2.05) is 38.1 Å². The largest absolute Gasteiger partial charge is 0.493 e. The Morgan fingerprint density at radius 1 is 1.41 bits per heavy atom. The molecule has 0 radical (unpaired) electrons. The van der Waals surface area contributed by atoms with Crippen LogP contribution in [0.2, 0.25) is 0 Å². The first-order valence-corrected chi connectivity index (χ1v) is 6.72. The van der Waals surface area contributed by atoms with Crippen molar-refractivity contribution in [3.8, 4) is 5.75 Å². The molecule has 17 heavy (non-hydrogen) atoms. The number of ether oxygens (including phenoxy) is 1. The Balaban J connectivity index is 2.24. The molecule has 4 heteroatoms. The summed E-state index contributed by atoms with van der Waals surface area (Å²) >= 11 is 1.43. The minimum atomic E-state index is -0.743. The number of aryl methyl sites for hydroxylation is 1. The summed E-state index contributed by atoms with van der Waals surface area (Å²) in [5.74, 6) is 0.783. The summed E-state index contributed by atoms with van der Waals surface area (Å²) in [7, 11) is 0. The van der Waals surface area contributed by atoms with Gasteiger partial charge in [-0.05, 0) is 25.5 Å². The number of hydrogen-bond donors (Lipinski definition) is 1. The molecule has 1 N–H and O–H groups in total. The lowest BCUT2D eigenvalue weighted by molar-refractivity contribution is -0.136. The molecule has 0 aliphatic carbocycles. The van der Waals surface area contributed by atoms with Crippen LogP contribution in [0, 0.1) is 6.92 Å². The van der Waals surface area contributed by atoms with E-state index in [0.29, 0.717) is 18.8 Å². The average molecular weight is 254 g/mol. The van der Waals surface area contributed by atoms with Crippen molar-refractivity contribution in [2.24, 2.45) is 0 Å². The third-order valence-corrected chi connectivity index (χ3v) is 3.68. The van der Waals surface area contributed by atoms with E-state index < -0.39 is 5.97 Å². The second-order valence-electron chi connectivity index (χ2n) is 3.77. The van der Waals surface area contributed by atoms with Gasteiger partial charge in [0.2, 0.25) is 0 Å². The predicted octanol–water partition coefficient (Wildman–Crippen LogP) is 2.97. The number of thioether (sulfide) groups is 1. The third-order valence-electron chi connectivity index (χ3n) is 2.34. The van der Waals surface area contributed by atoms with Crippen molar-refractivity contribution < 1.29 is 14.6 Å². The average Bonchev–Trinajstić information content (AvgIpc) is 2.31. The van der Waals surface area contributed by atoms with Crippen LogP contribution in [0.1, 0.15) is 18.9 Å². The second kappa shape index (κ2) is 7.22. The summed E-state index contributed by atoms with van der Waals surface area (Å²) in [6.07, 6.45) is 0.643. The molecule has 1 aromatic rings. The van der Waals surface area contributed by atoms with E-state index in [9.17, 15) is 4.79 Å². The number of carboxylic acid groups (broad SMARTS) is 1. The zero-order chi connectivity index (χ0) is 12.7. The monoisotopic (exact) mass is 254 g/mol. The first-order valence-electron chi connectivity index (χ1n) is 5.67. The third kappa shape index (κ3) is 5.13. The molecule has 0 amide bonds. The molecule has 94 valence electrons. The van der Waals surface area contributed by atoms with Gasteiger partial charge in [0.1, 0.15) is 11.0 Å². The molecular weight excluding hydrogens is 236 g/mol. The Kier molecular flexibility index (Phi) is 5.91. The first-order chi connectivity index (χ1) is 8.13. The normalized spacial score (nSPS) is 12.1. The summed E-state index contributed by atoms with van der Waals surface area (Å²) in [5, 5.41) is 8.54. The SMILES string of the molecule is CCC(SCCOc1ccc(C)cc1)C(=O)O. The molecule has 1 atom stereocenters. The number of aliphatic carboxylic acids is 1. The van der Waals surface area contributed by atoms with E-state index >= 15 is 0 Å². The van der Waals surface area contributed by atoms with E-state index in [-0.39, 0.29) is 5.25 Å². The van der Waals surface area contributed by atoms with Crippen molar-refractivity contribution in [3.63, 3.8) is 0 Å². The summed E-state index contributed by atoms with van der Waals surface area (Å²) in [5.41, 5.74) is 1.20. The van der Waals surface area contributed by atoms with E-state index in [2.05, 4.69) is 0 Å². The summed E-state index contributed by atoms with van der Waals surface area (Å²) in [6, 6.07) is 7.84. The molecule has 3 nitrogen and oxygen atoms in total. The van der Waals surface area contributed by atoms with Gasteiger partial charge < -0.3 is 9.84 Å². The number of carboxylic acids is 1. The molecule has 0 aromatic heterocycles. The molecule has 0 aliphatic rings. The van der Waals surface area contributed by atoms with E-state index in [0.717, 1.165) is 5.75 Å². The van der Waals surface area contributed by atoms with Crippen LogP contribution < -0.4 is 4.74 Å². The molecular formula is C13H18O3S. The van der Waals surface area contributed by atoms with Gasteiger partial charge >= 0.3 is 5.97 Å². The molecule has 0 bridgehead atoms. The van der Waals surface area contributed by atoms with Crippen molar-refractivity contribution in [2.75, 3.05) is 12.4 Å². The molecule has 1 unspecified atom stereocenters. The number of hydrogen-bond acceptors (Lipinski definition) is 3. The van der Waals surface area contributed by atoms with Gasteiger partial charge in [-0.2, -0.15) is 0 Å². The second-order valence-corrected chi connectivity index (χ2v) is 5.08. The molecule has 0 spiro atoms. The van der Waals surface area contributed by atoms with Gasteiger partial charge in [0.15, 0.2) is 0 Å². The first kappa shape index (κ1) is 13.9. The fourth-order valence-electron chi connectivity index (χ4n) is 1.35. The maximum atomic E-state index is 10.8. The van der Waals surface area contributed by atoms with E-state index in [1.54, 1.807) is 0 Å². The highest BCUT2D eigenvalue weighted by Crippen LogP contribution is 2.16. The van der Waals surface area contributed by atoms with Gasteiger partial charge in [0.25, 0.3) is 0 Å². The lowest BCUT2D eigenvalue weighted by atomic mass is 10.2. The standard InChI is InChI=1S/C13H18O3S/c1-3-12(13(14)15)17-9-8-16-11-6-4-10(2)5-7-11/h4-7,12H,3,8-9H2,1-2H3,(H,14,15). The van der Waals surface area contributed by atoms with Crippen LogP contribution in [0.15, 0.2) is 24.3 Å². The highest BCUT2D eigenvalue weighted by Gasteiger charge is 2.14. The van der Waals surface area contributed by atoms with Gasteiger partial charge in [0.05, 0.1) is 6.61 Å². The Morgan fingerprint density at radius 3 is 2.59 bits per heavy atom. The van der Waals surface area contributed by atoms with Crippen molar-refractivity contribution in [2.45, 2.75) is 25.5 Å². The Labute approximate surface area is 106 Å². The molecule has 0 saturated carbocycles. The highest BCUT2D eigenvalue weighted by atomic mass is 32.2. The fraction of sp³-hybridized carbons (Fsp3) is 0.462. The smallest absolute Gasteiger partial charge is 0.316 e. The van der Waals surface area contributed by atoms with Crippen molar-refractivity contribution in [3.05, 3.63) is 29.8 Å². The van der Waals surface area contributed by atoms with E-state index in [1.165, 1.54) is 17.3 Å². The van der Waals surface area contributed by atoms with Gasteiger partial charge in [0, 0.05) is 5.75 Å². The zero-order valence-electron chi connectivity index (χ0n) is 10.2. The molecule has 0 saturated heterocycles. The van der Waals surface area contributed by atoms with Crippen LogP contribution in [0.4, 0.5) is 0 Å². The molecule has 1 rings (SSSR count). The van der Waals surface area contributed by atoms with Gasteiger partial charge in [-0.1, -0.05) is 24.6 Å². The molecule has 0 fully saturated rings. The van der Waals surface area contributed by atoms with Crippen LogP contribution in [0.25, 0.3) is 0 Å². The van der Waals surface area contributed by atoms with Crippen molar-refractivity contribution in [1.29, 1.82) is 0 Å². The minimum absolute atomic E-state index is 0.323. The highest BCUT2D eigenvalue weighted by molar-refractivity contribution is 8.00. The Hall–Kier alpha value is -1.16.